The zero-order chi connectivity index (χ0) is 15.4. The predicted molar refractivity (Wildman–Crippen MR) is 87.3 cm³/mol. The number of methoxy groups -OCH3 is 1. The number of nitrogens with two attached hydrogens (primary N) is 1. The number of hydrogen-bond acceptors (Lipinski definition) is 3. The third kappa shape index (κ3) is 3.54. The Morgan fingerprint density at radius 1 is 1.24 bits per heavy atom. The summed E-state index contributed by atoms with van der Waals surface area (Å²) in [6.45, 7) is 0.315. The Morgan fingerprint density at radius 2 is 1.90 bits per heavy atom. The zero-order valence-electron chi connectivity index (χ0n) is 12.0. The molecule has 5 heteroatoms. The van der Waals surface area contributed by atoms with E-state index in [1.54, 1.807) is 19.2 Å². The summed E-state index contributed by atoms with van der Waals surface area (Å²) in [4.78, 5) is 1.96. The summed E-state index contributed by atoms with van der Waals surface area (Å²) in [5.74, 6) is 0.527. The van der Waals surface area contributed by atoms with E-state index in [9.17, 15) is 4.39 Å². The largest absolute Gasteiger partial charge is 0.497 e. The van der Waals surface area contributed by atoms with Crippen molar-refractivity contribution >= 4 is 21.6 Å². The number of ether oxygens (including phenoxy) is 1. The molecule has 0 radical (unpaired) electrons. The van der Waals surface area contributed by atoms with Crippen LogP contribution in [0.5, 0.6) is 5.75 Å². The van der Waals surface area contributed by atoms with Crippen molar-refractivity contribution in [1.29, 1.82) is 0 Å². The topological polar surface area (TPSA) is 38.5 Å². The maximum atomic E-state index is 14.1. The minimum Gasteiger partial charge on any atom is -0.497 e. The fraction of sp³-hybridized carbons (Fsp3) is 0.250. The van der Waals surface area contributed by atoms with Crippen LogP contribution in [0.4, 0.5) is 10.1 Å². The third-order valence-electron chi connectivity index (χ3n) is 3.49. The lowest BCUT2D eigenvalue weighted by molar-refractivity contribution is 0.415. The van der Waals surface area contributed by atoms with Crippen molar-refractivity contribution in [3.8, 4) is 5.75 Å². The summed E-state index contributed by atoms with van der Waals surface area (Å²) in [7, 11) is 3.53. The lowest BCUT2D eigenvalue weighted by Crippen LogP contribution is -2.31. The molecule has 3 nitrogen and oxygen atoms in total. The van der Waals surface area contributed by atoms with Crippen LogP contribution < -0.4 is 15.4 Å². The van der Waals surface area contributed by atoms with E-state index in [1.807, 2.05) is 36.2 Å². The molecule has 2 N–H and O–H groups in total. The Labute approximate surface area is 132 Å². The van der Waals surface area contributed by atoms with Gasteiger partial charge in [-0.05, 0) is 42.5 Å². The Morgan fingerprint density at radius 3 is 2.48 bits per heavy atom. The Hall–Kier alpha value is -1.59. The number of rotatable bonds is 5. The number of hydrogen-bond donors (Lipinski definition) is 1. The first-order valence-corrected chi connectivity index (χ1v) is 7.38. The molecule has 0 aliphatic carbocycles. The van der Waals surface area contributed by atoms with Crippen molar-refractivity contribution in [2.24, 2.45) is 5.73 Å². The monoisotopic (exact) mass is 352 g/mol. The molecular weight excluding hydrogens is 335 g/mol. The number of halogens is 2. The van der Waals surface area contributed by atoms with Crippen LogP contribution in [-0.4, -0.2) is 20.7 Å². The Kier molecular flexibility index (Phi) is 5.20. The van der Waals surface area contributed by atoms with E-state index in [-0.39, 0.29) is 11.9 Å². The van der Waals surface area contributed by atoms with Gasteiger partial charge in [0.15, 0.2) is 0 Å². The van der Waals surface area contributed by atoms with E-state index in [1.165, 1.54) is 6.07 Å². The van der Waals surface area contributed by atoms with Gasteiger partial charge in [-0.25, -0.2) is 4.39 Å². The number of anilines is 1. The van der Waals surface area contributed by atoms with Crippen molar-refractivity contribution in [2.75, 3.05) is 25.6 Å². The summed E-state index contributed by atoms with van der Waals surface area (Å²) in [5, 5.41) is 0. The van der Waals surface area contributed by atoms with Crippen LogP contribution in [0.15, 0.2) is 46.9 Å². The van der Waals surface area contributed by atoms with E-state index in [0.29, 0.717) is 12.1 Å². The van der Waals surface area contributed by atoms with Crippen LogP contribution in [0, 0.1) is 5.82 Å². The van der Waals surface area contributed by atoms with Gasteiger partial charge >= 0.3 is 0 Å². The van der Waals surface area contributed by atoms with Crippen molar-refractivity contribution in [3.05, 3.63) is 58.3 Å². The summed E-state index contributed by atoms with van der Waals surface area (Å²) >= 11 is 3.38. The van der Waals surface area contributed by atoms with Gasteiger partial charge in [0, 0.05) is 29.3 Å². The van der Waals surface area contributed by atoms with Crippen LogP contribution >= 0.6 is 15.9 Å². The lowest BCUT2D eigenvalue weighted by atomic mass is 10.0. The molecule has 0 heterocycles. The molecule has 0 aromatic heterocycles. The standard InChI is InChI=1S/C16H18BrFN2O/c1-20(12-4-6-13(21-2)7-5-12)16(10-19)14-9-11(17)3-8-15(14)18/h3-9,16H,10,19H2,1-2H3. The van der Waals surface area contributed by atoms with Gasteiger partial charge in [-0.3, -0.25) is 0 Å². The molecule has 112 valence electrons. The van der Waals surface area contributed by atoms with Crippen molar-refractivity contribution in [1.82, 2.24) is 0 Å². The van der Waals surface area contributed by atoms with E-state index >= 15 is 0 Å². The molecule has 1 unspecified atom stereocenters. The fourth-order valence-electron chi connectivity index (χ4n) is 2.26. The SMILES string of the molecule is COc1ccc(N(C)C(CN)c2cc(Br)ccc2F)cc1. The van der Waals surface area contributed by atoms with Crippen LogP contribution in [0.2, 0.25) is 0 Å². The average Bonchev–Trinajstić information content (AvgIpc) is 2.51. The first-order chi connectivity index (χ1) is 10.1. The highest BCUT2D eigenvalue weighted by atomic mass is 79.9. The van der Waals surface area contributed by atoms with Gasteiger partial charge in [-0.2, -0.15) is 0 Å². The Balaban J connectivity index is 2.33. The third-order valence-corrected chi connectivity index (χ3v) is 3.98. The van der Waals surface area contributed by atoms with Crippen molar-refractivity contribution in [2.45, 2.75) is 6.04 Å². The van der Waals surface area contributed by atoms with Gasteiger partial charge in [0.05, 0.1) is 13.2 Å². The molecule has 0 amide bonds. The molecule has 0 bridgehead atoms. The van der Waals surface area contributed by atoms with Gasteiger partial charge in [0.1, 0.15) is 11.6 Å². The highest BCUT2D eigenvalue weighted by molar-refractivity contribution is 9.10. The zero-order valence-corrected chi connectivity index (χ0v) is 13.6. The van der Waals surface area contributed by atoms with Crippen molar-refractivity contribution < 1.29 is 9.13 Å². The maximum Gasteiger partial charge on any atom is 0.128 e. The second-order valence-corrected chi connectivity index (χ2v) is 5.64. The van der Waals surface area contributed by atoms with Crippen LogP contribution in [-0.2, 0) is 0 Å². The summed E-state index contributed by atoms with van der Waals surface area (Å²) in [5.41, 5.74) is 7.39. The van der Waals surface area contributed by atoms with Gasteiger partial charge in [-0.1, -0.05) is 15.9 Å². The van der Waals surface area contributed by atoms with Gasteiger partial charge < -0.3 is 15.4 Å². The summed E-state index contributed by atoms with van der Waals surface area (Å²) in [6, 6.07) is 12.3. The molecule has 1 atom stereocenters. The molecular formula is C16H18BrFN2O. The van der Waals surface area contributed by atoms with E-state index in [0.717, 1.165) is 15.9 Å². The minimum absolute atomic E-state index is 0.240. The maximum absolute atomic E-state index is 14.1. The van der Waals surface area contributed by atoms with E-state index in [4.69, 9.17) is 10.5 Å². The quantitative estimate of drug-likeness (QED) is 0.890. The second-order valence-electron chi connectivity index (χ2n) is 4.73. The van der Waals surface area contributed by atoms with E-state index in [2.05, 4.69) is 15.9 Å². The molecule has 0 aliphatic heterocycles. The highest BCUT2D eigenvalue weighted by Crippen LogP contribution is 2.29. The van der Waals surface area contributed by atoms with Gasteiger partial charge in [0.2, 0.25) is 0 Å². The van der Waals surface area contributed by atoms with E-state index < -0.39 is 0 Å². The molecule has 2 aromatic rings. The molecule has 0 aliphatic rings. The molecule has 2 aromatic carbocycles. The molecule has 0 saturated carbocycles. The summed E-state index contributed by atoms with van der Waals surface area (Å²) < 4.78 is 20.1. The number of benzene rings is 2. The first-order valence-electron chi connectivity index (χ1n) is 6.58. The van der Waals surface area contributed by atoms with Gasteiger partial charge in [-0.15, -0.1) is 0 Å². The van der Waals surface area contributed by atoms with Gasteiger partial charge in [0.25, 0.3) is 0 Å². The molecule has 0 fully saturated rings. The normalized spacial score (nSPS) is 12.0. The minimum atomic E-state index is -0.256. The summed E-state index contributed by atoms with van der Waals surface area (Å²) in [6.07, 6.45) is 0. The van der Waals surface area contributed by atoms with Crippen LogP contribution in [0.1, 0.15) is 11.6 Å². The first kappa shape index (κ1) is 15.8. The average molecular weight is 353 g/mol. The number of nitrogens with zero attached hydrogens (tertiary/aromatic N) is 1. The lowest BCUT2D eigenvalue weighted by Gasteiger charge is -2.30. The molecule has 0 saturated heterocycles. The van der Waals surface area contributed by atoms with Crippen molar-refractivity contribution in [3.63, 3.8) is 0 Å². The predicted octanol–water partition coefficient (Wildman–Crippen LogP) is 3.73. The highest BCUT2D eigenvalue weighted by Gasteiger charge is 2.20. The van der Waals surface area contributed by atoms with Crippen LogP contribution in [0.25, 0.3) is 0 Å². The smallest absolute Gasteiger partial charge is 0.128 e. The van der Waals surface area contributed by atoms with Crippen LogP contribution in [0.3, 0.4) is 0 Å². The second kappa shape index (κ2) is 6.91. The Bertz CT molecular complexity index is 604. The molecule has 0 spiro atoms. The number of likely N-dealkylation sites (N-methyl/N-ethyl adjacent to an activating group) is 1. The fourth-order valence-corrected chi connectivity index (χ4v) is 2.64. The molecule has 2 rings (SSSR count). The molecule has 21 heavy (non-hydrogen) atoms.